The first kappa shape index (κ1) is 12.0. The highest BCUT2D eigenvalue weighted by molar-refractivity contribution is 5.82. The van der Waals surface area contributed by atoms with E-state index in [0.717, 1.165) is 6.42 Å². The van der Waals surface area contributed by atoms with Crippen LogP contribution in [0, 0.1) is 17.8 Å². The van der Waals surface area contributed by atoms with Crippen molar-refractivity contribution in [3.63, 3.8) is 0 Å². The first-order chi connectivity index (χ1) is 6.91. The number of carbonyl (C=O) groups is 2. The Kier molecular flexibility index (Phi) is 3.72. The van der Waals surface area contributed by atoms with E-state index in [1.165, 1.54) is 0 Å². The minimum Gasteiger partial charge on any atom is -0.481 e. The van der Waals surface area contributed by atoms with Gasteiger partial charge in [0.25, 0.3) is 0 Å². The van der Waals surface area contributed by atoms with Crippen molar-refractivity contribution in [2.75, 3.05) is 0 Å². The summed E-state index contributed by atoms with van der Waals surface area (Å²) in [7, 11) is 0. The zero-order chi connectivity index (χ0) is 11.6. The van der Waals surface area contributed by atoms with Gasteiger partial charge in [-0.25, -0.2) is 0 Å². The first-order valence-corrected chi connectivity index (χ1v) is 5.44. The molecule has 1 amide bonds. The van der Waals surface area contributed by atoms with Crippen LogP contribution in [0.2, 0.25) is 0 Å². The molecule has 86 valence electrons. The standard InChI is InChI=1S/C11H19NO3/c1-6(2)9(5-10(13)14)12-11(15)8-4-7(8)3/h6-9H,4-5H2,1-3H3,(H,12,15)(H,13,14). The van der Waals surface area contributed by atoms with Gasteiger partial charge in [-0.15, -0.1) is 0 Å². The van der Waals surface area contributed by atoms with E-state index in [9.17, 15) is 9.59 Å². The number of amides is 1. The van der Waals surface area contributed by atoms with Crippen molar-refractivity contribution in [3.8, 4) is 0 Å². The molecule has 0 spiro atoms. The highest BCUT2D eigenvalue weighted by Crippen LogP contribution is 2.37. The van der Waals surface area contributed by atoms with Gasteiger partial charge >= 0.3 is 5.97 Å². The molecule has 0 aromatic rings. The molecule has 1 fully saturated rings. The smallest absolute Gasteiger partial charge is 0.305 e. The molecule has 1 saturated carbocycles. The second-order valence-corrected chi connectivity index (χ2v) is 4.78. The van der Waals surface area contributed by atoms with E-state index in [1.807, 2.05) is 20.8 Å². The normalized spacial score (nSPS) is 26.1. The Morgan fingerprint density at radius 1 is 1.47 bits per heavy atom. The van der Waals surface area contributed by atoms with Crippen molar-refractivity contribution in [1.82, 2.24) is 5.32 Å². The largest absolute Gasteiger partial charge is 0.481 e. The highest BCUT2D eigenvalue weighted by atomic mass is 16.4. The summed E-state index contributed by atoms with van der Waals surface area (Å²) in [6.45, 7) is 5.88. The first-order valence-electron chi connectivity index (χ1n) is 5.44. The summed E-state index contributed by atoms with van der Waals surface area (Å²) in [5.41, 5.74) is 0. The quantitative estimate of drug-likeness (QED) is 0.722. The number of aliphatic carboxylic acids is 1. The lowest BCUT2D eigenvalue weighted by molar-refractivity contribution is -0.138. The molecule has 0 saturated heterocycles. The maximum absolute atomic E-state index is 11.6. The minimum atomic E-state index is -0.863. The second kappa shape index (κ2) is 4.64. The summed E-state index contributed by atoms with van der Waals surface area (Å²) in [5.74, 6) is -0.123. The average molecular weight is 213 g/mol. The molecule has 4 nitrogen and oxygen atoms in total. The number of rotatable bonds is 5. The molecule has 0 heterocycles. The van der Waals surface area contributed by atoms with Gasteiger partial charge in [-0.05, 0) is 18.3 Å². The van der Waals surface area contributed by atoms with Gasteiger partial charge in [0.2, 0.25) is 5.91 Å². The highest BCUT2D eigenvalue weighted by Gasteiger charge is 2.40. The summed E-state index contributed by atoms with van der Waals surface area (Å²) in [4.78, 5) is 22.2. The molecular weight excluding hydrogens is 194 g/mol. The van der Waals surface area contributed by atoms with Gasteiger partial charge in [-0.1, -0.05) is 20.8 Å². The Bertz CT molecular complexity index is 263. The predicted octanol–water partition coefficient (Wildman–Crippen LogP) is 1.26. The van der Waals surface area contributed by atoms with Crippen LogP contribution in [-0.4, -0.2) is 23.0 Å². The number of carboxylic acid groups (broad SMARTS) is 1. The van der Waals surface area contributed by atoms with E-state index in [4.69, 9.17) is 5.11 Å². The van der Waals surface area contributed by atoms with Gasteiger partial charge in [-0.2, -0.15) is 0 Å². The molecule has 1 aliphatic rings. The van der Waals surface area contributed by atoms with Crippen molar-refractivity contribution in [2.24, 2.45) is 17.8 Å². The number of nitrogens with one attached hydrogen (secondary N) is 1. The molecule has 3 atom stereocenters. The molecule has 2 N–H and O–H groups in total. The maximum atomic E-state index is 11.6. The Morgan fingerprint density at radius 2 is 2.00 bits per heavy atom. The fourth-order valence-electron chi connectivity index (χ4n) is 1.62. The third kappa shape index (κ3) is 3.53. The summed E-state index contributed by atoms with van der Waals surface area (Å²) >= 11 is 0. The molecular formula is C11H19NO3. The Hall–Kier alpha value is -1.06. The van der Waals surface area contributed by atoms with Crippen LogP contribution in [0.4, 0.5) is 0 Å². The Morgan fingerprint density at radius 3 is 2.33 bits per heavy atom. The van der Waals surface area contributed by atoms with Crippen LogP contribution in [0.1, 0.15) is 33.6 Å². The fourth-order valence-corrected chi connectivity index (χ4v) is 1.62. The lowest BCUT2D eigenvalue weighted by Gasteiger charge is -2.20. The van der Waals surface area contributed by atoms with Crippen LogP contribution in [0.25, 0.3) is 0 Å². The number of carbonyl (C=O) groups excluding carboxylic acids is 1. The maximum Gasteiger partial charge on any atom is 0.305 e. The van der Waals surface area contributed by atoms with Crippen molar-refractivity contribution in [2.45, 2.75) is 39.7 Å². The minimum absolute atomic E-state index is 0.00447. The van der Waals surface area contributed by atoms with Gasteiger partial charge in [-0.3, -0.25) is 9.59 Å². The zero-order valence-electron chi connectivity index (χ0n) is 9.49. The molecule has 15 heavy (non-hydrogen) atoms. The average Bonchev–Trinajstić information content (AvgIpc) is 2.80. The monoisotopic (exact) mass is 213 g/mol. The van der Waals surface area contributed by atoms with Crippen LogP contribution in [0.15, 0.2) is 0 Å². The van der Waals surface area contributed by atoms with E-state index in [0.29, 0.717) is 5.92 Å². The summed E-state index contributed by atoms with van der Waals surface area (Å²) in [5, 5.41) is 11.5. The SMILES string of the molecule is CC(C)C(CC(=O)O)NC(=O)C1CC1C. The van der Waals surface area contributed by atoms with Crippen LogP contribution < -0.4 is 5.32 Å². The summed E-state index contributed by atoms with van der Waals surface area (Å²) in [6.07, 6.45) is 0.939. The number of hydrogen-bond donors (Lipinski definition) is 2. The fraction of sp³-hybridized carbons (Fsp3) is 0.818. The van der Waals surface area contributed by atoms with Crippen LogP contribution >= 0.6 is 0 Å². The van der Waals surface area contributed by atoms with Crippen LogP contribution in [0.5, 0.6) is 0 Å². The van der Waals surface area contributed by atoms with Crippen molar-refractivity contribution in [3.05, 3.63) is 0 Å². The predicted molar refractivity (Wildman–Crippen MR) is 56.3 cm³/mol. The van der Waals surface area contributed by atoms with E-state index in [-0.39, 0.29) is 30.2 Å². The molecule has 4 heteroatoms. The molecule has 0 bridgehead atoms. The third-order valence-corrected chi connectivity index (χ3v) is 2.97. The molecule has 0 aromatic carbocycles. The van der Waals surface area contributed by atoms with E-state index < -0.39 is 5.97 Å². The van der Waals surface area contributed by atoms with E-state index >= 15 is 0 Å². The van der Waals surface area contributed by atoms with E-state index in [1.54, 1.807) is 0 Å². The van der Waals surface area contributed by atoms with Gasteiger partial charge in [0.1, 0.15) is 0 Å². The molecule has 1 aliphatic carbocycles. The molecule has 0 radical (unpaired) electrons. The second-order valence-electron chi connectivity index (χ2n) is 4.78. The molecule has 0 aliphatic heterocycles. The van der Waals surface area contributed by atoms with Gasteiger partial charge in [0, 0.05) is 12.0 Å². The molecule has 3 unspecified atom stereocenters. The number of carboxylic acids is 1. The van der Waals surface area contributed by atoms with E-state index in [2.05, 4.69) is 5.32 Å². The van der Waals surface area contributed by atoms with Gasteiger partial charge < -0.3 is 10.4 Å². The Balaban J connectivity index is 2.43. The topological polar surface area (TPSA) is 66.4 Å². The third-order valence-electron chi connectivity index (χ3n) is 2.97. The van der Waals surface area contributed by atoms with Crippen molar-refractivity contribution < 1.29 is 14.7 Å². The van der Waals surface area contributed by atoms with Crippen LogP contribution in [0.3, 0.4) is 0 Å². The lowest BCUT2D eigenvalue weighted by Crippen LogP contribution is -2.41. The van der Waals surface area contributed by atoms with Crippen molar-refractivity contribution in [1.29, 1.82) is 0 Å². The summed E-state index contributed by atoms with van der Waals surface area (Å²) in [6, 6.07) is -0.247. The van der Waals surface area contributed by atoms with Gasteiger partial charge in [0.15, 0.2) is 0 Å². The van der Waals surface area contributed by atoms with Crippen molar-refractivity contribution >= 4 is 11.9 Å². The molecule has 1 rings (SSSR count). The Labute approximate surface area is 90.0 Å². The zero-order valence-corrected chi connectivity index (χ0v) is 9.49. The lowest BCUT2D eigenvalue weighted by atomic mass is 10.0. The molecule has 0 aromatic heterocycles. The van der Waals surface area contributed by atoms with Crippen LogP contribution in [-0.2, 0) is 9.59 Å². The summed E-state index contributed by atoms with van der Waals surface area (Å²) < 4.78 is 0. The van der Waals surface area contributed by atoms with Gasteiger partial charge in [0.05, 0.1) is 6.42 Å². The number of hydrogen-bond acceptors (Lipinski definition) is 2.